The van der Waals surface area contributed by atoms with Crippen LogP contribution in [0.15, 0.2) is 75.0 Å². The third-order valence-electron chi connectivity index (χ3n) is 5.19. The van der Waals surface area contributed by atoms with Crippen molar-refractivity contribution in [2.24, 2.45) is 4.99 Å². The zero-order chi connectivity index (χ0) is 25.8. The van der Waals surface area contributed by atoms with E-state index in [1.165, 1.54) is 35.9 Å². The third kappa shape index (κ3) is 5.92. The van der Waals surface area contributed by atoms with Crippen LogP contribution in [0.5, 0.6) is 11.5 Å². The summed E-state index contributed by atoms with van der Waals surface area (Å²) in [4.78, 5) is 30.3. The molecule has 0 radical (unpaired) electrons. The summed E-state index contributed by atoms with van der Waals surface area (Å²) in [6.07, 6.45) is 1.71. The lowest BCUT2D eigenvalue weighted by Gasteiger charge is -2.13. The first-order valence-electron chi connectivity index (χ1n) is 10.6. The van der Waals surface area contributed by atoms with Crippen molar-refractivity contribution in [1.29, 1.82) is 0 Å². The van der Waals surface area contributed by atoms with Gasteiger partial charge in [-0.1, -0.05) is 39.7 Å². The number of carboxylic acid groups (broad SMARTS) is 1. The van der Waals surface area contributed by atoms with E-state index in [1.807, 2.05) is 24.3 Å². The number of carbonyl (C=O) groups is 2. The molecule has 4 rings (SSSR count). The molecule has 0 spiro atoms. The van der Waals surface area contributed by atoms with Crippen molar-refractivity contribution in [3.8, 4) is 11.5 Å². The fourth-order valence-corrected chi connectivity index (χ4v) is 4.82. The fourth-order valence-electron chi connectivity index (χ4n) is 3.29. The molecule has 0 aliphatic carbocycles. The van der Waals surface area contributed by atoms with Crippen molar-refractivity contribution >= 4 is 68.1 Å². The predicted molar refractivity (Wildman–Crippen MR) is 145 cm³/mol. The lowest BCUT2D eigenvalue weighted by molar-refractivity contribution is -0.121. The zero-order valence-corrected chi connectivity index (χ0v) is 22.4. The Balaban J connectivity index is 1.55. The van der Waals surface area contributed by atoms with Crippen LogP contribution in [0.4, 0.5) is 5.69 Å². The highest BCUT2D eigenvalue weighted by molar-refractivity contribution is 9.10. The molecular formula is C26H20BrClN2O5S. The summed E-state index contributed by atoms with van der Waals surface area (Å²) >= 11 is 11.1. The standard InChI is InChI=1S/C26H20BrClN2O5S/c1-30-24(31)22(36-26(30)29-19-9-5-17(6-10-19)25(32)33)13-16-11-20(28)23(21(12-16)34-2)35-14-15-3-7-18(27)8-4-15/h3-13H,14H2,1-2H3,(H,32,33)/b22-13-,29-26?. The topological polar surface area (TPSA) is 88.4 Å². The summed E-state index contributed by atoms with van der Waals surface area (Å²) in [5.41, 5.74) is 2.35. The summed E-state index contributed by atoms with van der Waals surface area (Å²) < 4.78 is 12.4. The van der Waals surface area contributed by atoms with Crippen LogP contribution >= 0.6 is 39.3 Å². The normalized spacial score (nSPS) is 15.6. The van der Waals surface area contributed by atoms with Gasteiger partial charge in [-0.3, -0.25) is 9.69 Å². The van der Waals surface area contributed by atoms with Crippen LogP contribution in [-0.4, -0.2) is 41.2 Å². The van der Waals surface area contributed by atoms with E-state index < -0.39 is 5.97 Å². The number of amidine groups is 1. The summed E-state index contributed by atoms with van der Waals surface area (Å²) in [6.45, 7) is 0.316. The quantitative estimate of drug-likeness (QED) is 0.313. The number of carbonyl (C=O) groups excluding carboxylic acids is 1. The molecule has 1 amide bonds. The number of ether oxygens (including phenoxy) is 2. The van der Waals surface area contributed by atoms with Crippen LogP contribution < -0.4 is 9.47 Å². The number of methoxy groups -OCH3 is 1. The minimum atomic E-state index is -1.01. The number of hydrogen-bond acceptors (Lipinski definition) is 6. The zero-order valence-electron chi connectivity index (χ0n) is 19.2. The molecule has 184 valence electrons. The van der Waals surface area contributed by atoms with Gasteiger partial charge in [-0.25, -0.2) is 9.79 Å². The number of thioether (sulfide) groups is 1. The molecule has 1 fully saturated rings. The Morgan fingerprint density at radius 1 is 1.17 bits per heavy atom. The number of likely N-dealkylation sites (N-methyl/N-ethyl adjacent to an activating group) is 1. The lowest BCUT2D eigenvalue weighted by atomic mass is 10.1. The molecule has 0 aromatic heterocycles. The Labute approximate surface area is 225 Å². The number of carboxylic acids is 1. The van der Waals surface area contributed by atoms with E-state index in [2.05, 4.69) is 20.9 Å². The molecular weight excluding hydrogens is 568 g/mol. The van der Waals surface area contributed by atoms with Crippen molar-refractivity contribution in [1.82, 2.24) is 4.90 Å². The van der Waals surface area contributed by atoms with Gasteiger partial charge >= 0.3 is 5.97 Å². The number of aromatic carboxylic acids is 1. The van der Waals surface area contributed by atoms with Gasteiger partial charge in [0.2, 0.25) is 0 Å². The van der Waals surface area contributed by atoms with E-state index in [9.17, 15) is 9.59 Å². The minimum absolute atomic E-state index is 0.165. The van der Waals surface area contributed by atoms with E-state index in [1.54, 1.807) is 37.4 Å². The number of rotatable bonds is 7. The molecule has 1 heterocycles. The minimum Gasteiger partial charge on any atom is -0.493 e. The molecule has 1 N–H and O–H groups in total. The van der Waals surface area contributed by atoms with Gasteiger partial charge in [0.15, 0.2) is 16.7 Å². The highest BCUT2D eigenvalue weighted by atomic mass is 79.9. The number of halogens is 2. The largest absolute Gasteiger partial charge is 0.493 e. The van der Waals surface area contributed by atoms with E-state index in [0.717, 1.165) is 10.0 Å². The third-order valence-corrected chi connectivity index (χ3v) is 7.06. The van der Waals surface area contributed by atoms with Gasteiger partial charge < -0.3 is 14.6 Å². The Bertz CT molecular complexity index is 1370. The molecule has 0 unspecified atom stereocenters. The molecule has 3 aromatic rings. The van der Waals surface area contributed by atoms with Gasteiger partial charge in [0.25, 0.3) is 5.91 Å². The van der Waals surface area contributed by atoms with E-state index in [0.29, 0.717) is 44.5 Å². The summed E-state index contributed by atoms with van der Waals surface area (Å²) in [5, 5.41) is 9.88. The average molecular weight is 588 g/mol. The maximum Gasteiger partial charge on any atom is 0.335 e. The highest BCUT2D eigenvalue weighted by Gasteiger charge is 2.30. The van der Waals surface area contributed by atoms with Crippen LogP contribution in [0.3, 0.4) is 0 Å². The van der Waals surface area contributed by atoms with Gasteiger partial charge in [0.1, 0.15) is 6.61 Å². The van der Waals surface area contributed by atoms with E-state index >= 15 is 0 Å². The Morgan fingerprint density at radius 2 is 1.86 bits per heavy atom. The highest BCUT2D eigenvalue weighted by Crippen LogP contribution is 2.39. The lowest BCUT2D eigenvalue weighted by Crippen LogP contribution is -2.23. The van der Waals surface area contributed by atoms with Crippen molar-refractivity contribution in [3.63, 3.8) is 0 Å². The van der Waals surface area contributed by atoms with Gasteiger partial charge in [0, 0.05) is 11.5 Å². The first kappa shape index (κ1) is 25.8. The summed E-state index contributed by atoms with van der Waals surface area (Å²) in [6, 6.07) is 17.3. The van der Waals surface area contributed by atoms with Crippen molar-refractivity contribution < 1.29 is 24.2 Å². The maximum absolute atomic E-state index is 12.8. The molecule has 0 saturated carbocycles. The molecule has 1 saturated heterocycles. The average Bonchev–Trinajstić information content (AvgIpc) is 3.12. The number of benzene rings is 3. The second-order valence-electron chi connectivity index (χ2n) is 7.67. The molecule has 7 nitrogen and oxygen atoms in total. The van der Waals surface area contributed by atoms with E-state index in [4.69, 9.17) is 26.2 Å². The fraction of sp³-hybridized carbons (Fsp3) is 0.115. The van der Waals surface area contributed by atoms with Gasteiger partial charge in [0.05, 0.1) is 28.3 Å². The summed E-state index contributed by atoms with van der Waals surface area (Å²) in [5.74, 6) is -0.367. The van der Waals surface area contributed by atoms with E-state index in [-0.39, 0.29) is 11.5 Å². The maximum atomic E-state index is 12.8. The Morgan fingerprint density at radius 3 is 2.50 bits per heavy atom. The second-order valence-corrected chi connectivity index (χ2v) is 10.0. The van der Waals surface area contributed by atoms with Gasteiger partial charge in [-0.2, -0.15) is 0 Å². The summed E-state index contributed by atoms with van der Waals surface area (Å²) in [7, 11) is 3.16. The molecule has 3 aromatic carbocycles. The van der Waals surface area contributed by atoms with Gasteiger partial charge in [-0.15, -0.1) is 0 Å². The van der Waals surface area contributed by atoms with Crippen LogP contribution in [0.1, 0.15) is 21.5 Å². The molecule has 1 aliphatic rings. The molecule has 10 heteroatoms. The number of hydrogen-bond donors (Lipinski definition) is 1. The van der Waals surface area contributed by atoms with Crippen LogP contribution in [0.2, 0.25) is 5.02 Å². The first-order valence-corrected chi connectivity index (χ1v) is 12.6. The van der Waals surface area contributed by atoms with Crippen LogP contribution in [-0.2, 0) is 11.4 Å². The number of amides is 1. The van der Waals surface area contributed by atoms with Crippen LogP contribution in [0.25, 0.3) is 6.08 Å². The predicted octanol–water partition coefficient (Wildman–Crippen LogP) is 6.62. The van der Waals surface area contributed by atoms with Crippen LogP contribution in [0, 0.1) is 0 Å². The number of aliphatic imine (C=N–C) groups is 1. The SMILES string of the molecule is COc1cc(/C=C2\SC(=Nc3ccc(C(=O)O)cc3)N(C)C2=O)cc(Cl)c1OCc1ccc(Br)cc1. The monoisotopic (exact) mass is 586 g/mol. The van der Waals surface area contributed by atoms with Gasteiger partial charge in [-0.05, 0) is 77.5 Å². The Hall–Kier alpha value is -3.27. The molecule has 0 atom stereocenters. The first-order chi connectivity index (χ1) is 17.2. The smallest absolute Gasteiger partial charge is 0.335 e. The Kier molecular flexibility index (Phi) is 8.03. The number of nitrogens with zero attached hydrogens (tertiary/aromatic N) is 2. The molecule has 1 aliphatic heterocycles. The van der Waals surface area contributed by atoms with Crippen molar-refractivity contribution in [3.05, 3.63) is 91.8 Å². The van der Waals surface area contributed by atoms with Crippen molar-refractivity contribution in [2.45, 2.75) is 6.61 Å². The van der Waals surface area contributed by atoms with Crippen molar-refractivity contribution in [2.75, 3.05) is 14.2 Å². The molecule has 0 bridgehead atoms. The molecule has 36 heavy (non-hydrogen) atoms. The second kappa shape index (κ2) is 11.2.